The van der Waals surface area contributed by atoms with E-state index < -0.39 is 0 Å². The van der Waals surface area contributed by atoms with Crippen LogP contribution in [0.1, 0.15) is 60.7 Å². The van der Waals surface area contributed by atoms with Crippen LogP contribution in [-0.4, -0.2) is 29.9 Å². The van der Waals surface area contributed by atoms with Crippen LogP contribution < -0.4 is 10.6 Å². The molecule has 0 saturated heterocycles. The smallest absolute Gasteiger partial charge is 0.252 e. The van der Waals surface area contributed by atoms with Gasteiger partial charge in [-0.15, -0.1) is 0 Å². The van der Waals surface area contributed by atoms with Gasteiger partial charge < -0.3 is 10.6 Å². The molecule has 0 saturated carbocycles. The summed E-state index contributed by atoms with van der Waals surface area (Å²) in [5.41, 5.74) is 0.834. The zero-order chi connectivity index (χ0) is 15.7. The molecule has 1 heterocycles. The molecule has 0 atom stereocenters. The first-order valence-corrected chi connectivity index (χ1v) is 7.56. The van der Waals surface area contributed by atoms with Crippen LogP contribution in [0.25, 0.3) is 0 Å². The summed E-state index contributed by atoms with van der Waals surface area (Å²) in [6, 6.07) is 1.58. The van der Waals surface area contributed by atoms with Crippen molar-refractivity contribution >= 4 is 11.8 Å². The summed E-state index contributed by atoms with van der Waals surface area (Å²) in [5.74, 6) is 0.000835. The van der Waals surface area contributed by atoms with E-state index in [9.17, 15) is 9.59 Å². The van der Waals surface area contributed by atoms with E-state index in [2.05, 4.69) is 22.5 Å². The molecule has 2 amide bonds. The Balaban J connectivity index is 2.58. The fourth-order valence-electron chi connectivity index (χ4n) is 1.77. The molecular weight excluding hydrogens is 266 g/mol. The number of carbonyl (C=O) groups excluding carboxylic acids is 2. The van der Waals surface area contributed by atoms with Crippen LogP contribution in [0, 0.1) is 5.92 Å². The summed E-state index contributed by atoms with van der Waals surface area (Å²) in [4.78, 5) is 27.9. The molecule has 5 nitrogen and oxygen atoms in total. The van der Waals surface area contributed by atoms with Crippen LogP contribution in [0.5, 0.6) is 0 Å². The molecule has 116 valence electrons. The first kappa shape index (κ1) is 17.1. The van der Waals surface area contributed by atoms with Crippen molar-refractivity contribution in [2.45, 2.75) is 40.0 Å². The maximum absolute atomic E-state index is 12.0. The summed E-state index contributed by atoms with van der Waals surface area (Å²) in [6.45, 7) is 7.42. The molecule has 0 radical (unpaired) electrons. The predicted molar refractivity (Wildman–Crippen MR) is 83.3 cm³/mol. The minimum Gasteiger partial charge on any atom is -0.352 e. The van der Waals surface area contributed by atoms with Crippen LogP contribution in [-0.2, 0) is 0 Å². The van der Waals surface area contributed by atoms with Crippen molar-refractivity contribution in [2.75, 3.05) is 13.1 Å². The molecule has 0 unspecified atom stereocenters. The van der Waals surface area contributed by atoms with Gasteiger partial charge in [0.05, 0.1) is 11.1 Å². The van der Waals surface area contributed by atoms with Crippen LogP contribution in [0.4, 0.5) is 0 Å². The van der Waals surface area contributed by atoms with Gasteiger partial charge in [-0.1, -0.05) is 33.6 Å². The molecule has 0 aromatic carbocycles. The largest absolute Gasteiger partial charge is 0.352 e. The van der Waals surface area contributed by atoms with E-state index >= 15 is 0 Å². The van der Waals surface area contributed by atoms with Gasteiger partial charge in [0.1, 0.15) is 0 Å². The molecule has 1 aromatic rings. The molecule has 0 aliphatic heterocycles. The maximum Gasteiger partial charge on any atom is 0.252 e. The highest BCUT2D eigenvalue weighted by molar-refractivity contribution is 5.99. The Morgan fingerprint density at radius 1 is 1.10 bits per heavy atom. The van der Waals surface area contributed by atoms with Gasteiger partial charge >= 0.3 is 0 Å². The Bertz CT molecular complexity index is 472. The maximum atomic E-state index is 12.0. The fourth-order valence-corrected chi connectivity index (χ4v) is 1.77. The van der Waals surface area contributed by atoms with Gasteiger partial charge in [-0.2, -0.15) is 0 Å². The lowest BCUT2D eigenvalue weighted by Gasteiger charge is -2.09. The highest BCUT2D eigenvalue weighted by Crippen LogP contribution is 2.04. The van der Waals surface area contributed by atoms with Crippen molar-refractivity contribution in [3.8, 4) is 0 Å². The lowest BCUT2D eigenvalue weighted by Crippen LogP contribution is -2.28. The standard InChI is InChI=1S/C16H25N3O2/c1-4-5-6-7-18-15(20)13-8-14(11-17-10-13)16(21)19-9-12(2)3/h8,10-12H,4-7,9H2,1-3H3,(H,18,20)(H,19,21). The molecule has 2 N–H and O–H groups in total. The number of unbranched alkanes of at least 4 members (excludes halogenated alkanes) is 2. The van der Waals surface area contributed by atoms with Gasteiger partial charge in [0, 0.05) is 25.5 Å². The number of hydrogen-bond acceptors (Lipinski definition) is 3. The minimum absolute atomic E-state index is 0.183. The molecule has 21 heavy (non-hydrogen) atoms. The quantitative estimate of drug-likeness (QED) is 0.722. The predicted octanol–water partition coefficient (Wildman–Crippen LogP) is 2.39. The van der Waals surface area contributed by atoms with E-state index in [1.54, 1.807) is 6.07 Å². The molecule has 5 heteroatoms. The summed E-state index contributed by atoms with van der Waals surface area (Å²) < 4.78 is 0. The number of aromatic nitrogens is 1. The molecule has 0 fully saturated rings. The number of pyridine rings is 1. The Labute approximate surface area is 126 Å². The summed E-state index contributed by atoms with van der Waals surface area (Å²) >= 11 is 0. The van der Waals surface area contributed by atoms with Gasteiger partial charge in [-0.25, -0.2) is 0 Å². The lowest BCUT2D eigenvalue weighted by atomic mass is 10.1. The second kappa shape index (κ2) is 9.10. The molecule has 0 spiro atoms. The van der Waals surface area contributed by atoms with E-state index in [0.717, 1.165) is 19.3 Å². The average Bonchev–Trinajstić information content (AvgIpc) is 2.49. The second-order valence-corrected chi connectivity index (χ2v) is 5.53. The molecule has 1 aromatic heterocycles. The summed E-state index contributed by atoms with van der Waals surface area (Å²) in [7, 11) is 0. The molecule has 1 rings (SSSR count). The monoisotopic (exact) mass is 291 g/mol. The highest BCUT2D eigenvalue weighted by atomic mass is 16.2. The molecule has 0 bridgehead atoms. The van der Waals surface area contributed by atoms with Crippen LogP contribution in [0.3, 0.4) is 0 Å². The minimum atomic E-state index is -0.197. The van der Waals surface area contributed by atoms with Crippen LogP contribution >= 0.6 is 0 Å². The van der Waals surface area contributed by atoms with E-state index in [0.29, 0.717) is 30.1 Å². The number of rotatable bonds is 8. The van der Waals surface area contributed by atoms with E-state index in [4.69, 9.17) is 0 Å². The Morgan fingerprint density at radius 2 is 1.71 bits per heavy atom. The number of carbonyl (C=O) groups is 2. The number of amides is 2. The van der Waals surface area contributed by atoms with Gasteiger partial charge in [0.2, 0.25) is 0 Å². The SMILES string of the molecule is CCCCCNC(=O)c1cncc(C(=O)NCC(C)C)c1. The van der Waals surface area contributed by atoms with Gasteiger partial charge in [0.15, 0.2) is 0 Å². The van der Waals surface area contributed by atoms with Crippen molar-refractivity contribution in [1.29, 1.82) is 0 Å². The second-order valence-electron chi connectivity index (χ2n) is 5.53. The van der Waals surface area contributed by atoms with Crippen molar-refractivity contribution in [1.82, 2.24) is 15.6 Å². The molecule has 0 aliphatic rings. The number of hydrogen-bond donors (Lipinski definition) is 2. The average molecular weight is 291 g/mol. The first-order chi connectivity index (χ1) is 10.0. The molecular formula is C16H25N3O2. The van der Waals surface area contributed by atoms with Gasteiger partial charge in [0.25, 0.3) is 11.8 Å². The van der Waals surface area contributed by atoms with Crippen LogP contribution in [0.15, 0.2) is 18.5 Å². The summed E-state index contributed by atoms with van der Waals surface area (Å²) in [6.07, 6.45) is 6.13. The van der Waals surface area contributed by atoms with E-state index in [1.165, 1.54) is 12.4 Å². The summed E-state index contributed by atoms with van der Waals surface area (Å²) in [5, 5.41) is 5.65. The lowest BCUT2D eigenvalue weighted by molar-refractivity contribution is 0.0948. The number of nitrogens with one attached hydrogen (secondary N) is 2. The van der Waals surface area contributed by atoms with E-state index in [-0.39, 0.29) is 11.8 Å². The van der Waals surface area contributed by atoms with Gasteiger partial charge in [-0.3, -0.25) is 14.6 Å². The third-order valence-electron chi connectivity index (χ3n) is 3.00. The number of nitrogens with zero attached hydrogens (tertiary/aromatic N) is 1. The Morgan fingerprint density at radius 3 is 2.29 bits per heavy atom. The zero-order valence-corrected chi connectivity index (χ0v) is 13.1. The first-order valence-electron chi connectivity index (χ1n) is 7.56. The molecule has 0 aliphatic carbocycles. The van der Waals surface area contributed by atoms with Gasteiger partial charge in [-0.05, 0) is 18.4 Å². The normalized spacial score (nSPS) is 10.5. The van der Waals surface area contributed by atoms with Crippen LogP contribution in [0.2, 0.25) is 0 Å². The topological polar surface area (TPSA) is 71.1 Å². The van der Waals surface area contributed by atoms with Crippen molar-refractivity contribution < 1.29 is 9.59 Å². The third kappa shape index (κ3) is 6.38. The van der Waals surface area contributed by atoms with Crippen molar-refractivity contribution in [3.05, 3.63) is 29.6 Å². The Hall–Kier alpha value is -1.91. The van der Waals surface area contributed by atoms with Crippen molar-refractivity contribution in [2.24, 2.45) is 5.92 Å². The highest BCUT2D eigenvalue weighted by Gasteiger charge is 2.11. The van der Waals surface area contributed by atoms with E-state index in [1.807, 2.05) is 13.8 Å². The third-order valence-corrected chi connectivity index (χ3v) is 3.00. The Kier molecular flexibility index (Phi) is 7.43. The fraction of sp³-hybridized carbons (Fsp3) is 0.562. The zero-order valence-electron chi connectivity index (χ0n) is 13.1. The van der Waals surface area contributed by atoms with Crippen molar-refractivity contribution in [3.63, 3.8) is 0 Å².